The average molecular weight is 294 g/mol. The van der Waals surface area contributed by atoms with Gasteiger partial charge in [-0.2, -0.15) is 0 Å². The van der Waals surface area contributed by atoms with Gasteiger partial charge in [-0.3, -0.25) is 4.99 Å². The highest BCUT2D eigenvalue weighted by atomic mass is 32.1. The Morgan fingerprint density at radius 2 is 2.10 bits per heavy atom. The molecule has 112 valence electrons. The van der Waals surface area contributed by atoms with Crippen molar-refractivity contribution in [2.45, 2.75) is 58.9 Å². The predicted octanol–water partition coefficient (Wildman–Crippen LogP) is 2.80. The fourth-order valence-electron chi connectivity index (χ4n) is 2.66. The van der Waals surface area contributed by atoms with E-state index in [9.17, 15) is 0 Å². The van der Waals surface area contributed by atoms with Crippen molar-refractivity contribution in [1.29, 1.82) is 0 Å². The first-order valence-electron chi connectivity index (χ1n) is 7.66. The summed E-state index contributed by atoms with van der Waals surface area (Å²) in [6.45, 7) is 8.00. The fourth-order valence-corrected chi connectivity index (χ4v) is 3.58. The number of hydrogen-bond acceptors (Lipinski definition) is 3. The number of aliphatic imine (C=N–C) groups is 1. The van der Waals surface area contributed by atoms with E-state index in [0.29, 0.717) is 6.04 Å². The number of nitrogens with one attached hydrogen (secondary N) is 2. The highest BCUT2D eigenvalue weighted by Crippen LogP contribution is 2.18. The molecule has 0 unspecified atom stereocenters. The second kappa shape index (κ2) is 7.62. The smallest absolute Gasteiger partial charge is 0.191 e. The van der Waals surface area contributed by atoms with Crippen molar-refractivity contribution in [3.05, 3.63) is 15.6 Å². The Labute approximate surface area is 126 Å². The molecule has 0 radical (unpaired) electrons. The molecule has 1 aliphatic carbocycles. The van der Waals surface area contributed by atoms with Crippen LogP contribution in [0.15, 0.2) is 4.99 Å². The van der Waals surface area contributed by atoms with Gasteiger partial charge >= 0.3 is 0 Å². The lowest BCUT2D eigenvalue weighted by Gasteiger charge is -2.16. The zero-order valence-electron chi connectivity index (χ0n) is 12.8. The number of aromatic nitrogens is 1. The summed E-state index contributed by atoms with van der Waals surface area (Å²) in [4.78, 5) is 10.5. The van der Waals surface area contributed by atoms with Gasteiger partial charge in [0.25, 0.3) is 0 Å². The summed E-state index contributed by atoms with van der Waals surface area (Å²) in [5.41, 5.74) is 1.16. The summed E-state index contributed by atoms with van der Waals surface area (Å²) >= 11 is 1.79. The molecule has 0 atom stereocenters. The van der Waals surface area contributed by atoms with Gasteiger partial charge in [-0.1, -0.05) is 12.8 Å². The van der Waals surface area contributed by atoms with Gasteiger partial charge < -0.3 is 10.6 Å². The van der Waals surface area contributed by atoms with E-state index in [1.165, 1.54) is 30.6 Å². The largest absolute Gasteiger partial charge is 0.357 e. The first kappa shape index (κ1) is 15.3. The maximum atomic E-state index is 4.70. The number of hydrogen-bond donors (Lipinski definition) is 2. The second-order valence-corrected chi connectivity index (χ2v) is 6.67. The Balaban J connectivity index is 1.86. The van der Waals surface area contributed by atoms with Gasteiger partial charge in [-0.15, -0.1) is 11.3 Å². The molecule has 1 aliphatic rings. The van der Waals surface area contributed by atoms with Crippen LogP contribution >= 0.6 is 11.3 Å². The van der Waals surface area contributed by atoms with Crippen molar-refractivity contribution in [2.75, 3.05) is 13.1 Å². The quantitative estimate of drug-likeness (QED) is 0.648. The summed E-state index contributed by atoms with van der Waals surface area (Å²) in [6, 6.07) is 0.611. The highest BCUT2D eigenvalue weighted by Gasteiger charge is 2.15. The molecule has 0 saturated heterocycles. The van der Waals surface area contributed by atoms with Gasteiger partial charge in [0, 0.05) is 30.4 Å². The molecule has 1 saturated carbocycles. The van der Waals surface area contributed by atoms with Gasteiger partial charge in [0.15, 0.2) is 5.96 Å². The van der Waals surface area contributed by atoms with E-state index in [0.717, 1.165) is 36.2 Å². The van der Waals surface area contributed by atoms with Crippen molar-refractivity contribution in [1.82, 2.24) is 15.6 Å². The third-order valence-electron chi connectivity index (χ3n) is 3.65. The Morgan fingerprint density at radius 3 is 2.70 bits per heavy atom. The lowest BCUT2D eigenvalue weighted by molar-refractivity contribution is 0.614. The highest BCUT2D eigenvalue weighted by molar-refractivity contribution is 7.11. The number of guanidine groups is 1. The zero-order valence-corrected chi connectivity index (χ0v) is 13.6. The van der Waals surface area contributed by atoms with Crippen LogP contribution in [0.2, 0.25) is 0 Å². The van der Waals surface area contributed by atoms with Crippen LogP contribution in [-0.4, -0.2) is 30.1 Å². The minimum absolute atomic E-state index is 0.611. The van der Waals surface area contributed by atoms with Gasteiger partial charge in [-0.05, 0) is 33.6 Å². The third-order valence-corrected chi connectivity index (χ3v) is 4.78. The predicted molar refractivity (Wildman–Crippen MR) is 86.7 cm³/mol. The summed E-state index contributed by atoms with van der Waals surface area (Å²) in [7, 11) is 0. The zero-order chi connectivity index (χ0) is 14.4. The standard InChI is InChI=1S/C15H26N4S/c1-4-16-15(19-13-7-5-6-8-13)17-10-9-14-11(2)18-12(3)20-14/h13H,4-10H2,1-3H3,(H2,16,17,19). The Kier molecular flexibility index (Phi) is 5.83. The van der Waals surface area contributed by atoms with Crippen molar-refractivity contribution in [3.63, 3.8) is 0 Å². The van der Waals surface area contributed by atoms with Crippen molar-refractivity contribution >= 4 is 17.3 Å². The van der Waals surface area contributed by atoms with Crippen LogP contribution in [0.5, 0.6) is 0 Å². The van der Waals surface area contributed by atoms with E-state index in [2.05, 4.69) is 36.4 Å². The first-order chi connectivity index (χ1) is 9.69. The van der Waals surface area contributed by atoms with Gasteiger partial charge in [0.05, 0.1) is 10.7 Å². The van der Waals surface area contributed by atoms with E-state index in [-0.39, 0.29) is 0 Å². The van der Waals surface area contributed by atoms with Crippen LogP contribution in [-0.2, 0) is 6.42 Å². The summed E-state index contributed by atoms with van der Waals surface area (Å²) in [6.07, 6.45) is 6.22. The van der Waals surface area contributed by atoms with Crippen LogP contribution in [0.25, 0.3) is 0 Å². The van der Waals surface area contributed by atoms with Crippen molar-refractivity contribution < 1.29 is 0 Å². The molecule has 0 bridgehead atoms. The minimum atomic E-state index is 0.611. The molecule has 0 amide bonds. The monoisotopic (exact) mass is 294 g/mol. The number of rotatable bonds is 5. The molecule has 1 fully saturated rings. The number of nitrogens with zero attached hydrogens (tertiary/aromatic N) is 2. The Bertz CT molecular complexity index is 447. The molecule has 4 nitrogen and oxygen atoms in total. The normalized spacial score (nSPS) is 16.6. The maximum absolute atomic E-state index is 4.70. The second-order valence-electron chi connectivity index (χ2n) is 5.38. The summed E-state index contributed by atoms with van der Waals surface area (Å²) in [5.74, 6) is 0.971. The topological polar surface area (TPSA) is 49.3 Å². The molecule has 5 heteroatoms. The summed E-state index contributed by atoms with van der Waals surface area (Å²) < 4.78 is 0. The molecular formula is C15H26N4S. The molecule has 0 aliphatic heterocycles. The fraction of sp³-hybridized carbons (Fsp3) is 0.733. The molecule has 2 rings (SSSR count). The maximum Gasteiger partial charge on any atom is 0.191 e. The number of aryl methyl sites for hydroxylation is 2. The van der Waals surface area contributed by atoms with Crippen molar-refractivity contribution in [3.8, 4) is 0 Å². The average Bonchev–Trinajstić information content (AvgIpc) is 3.00. The molecular weight excluding hydrogens is 268 g/mol. The molecule has 0 spiro atoms. The van der Waals surface area contributed by atoms with Gasteiger partial charge in [0.1, 0.15) is 0 Å². The first-order valence-corrected chi connectivity index (χ1v) is 8.48. The van der Waals surface area contributed by atoms with Gasteiger partial charge in [0.2, 0.25) is 0 Å². The minimum Gasteiger partial charge on any atom is -0.357 e. The van der Waals surface area contributed by atoms with E-state index in [1.54, 1.807) is 11.3 Å². The van der Waals surface area contributed by atoms with Crippen LogP contribution in [0.3, 0.4) is 0 Å². The van der Waals surface area contributed by atoms with Crippen LogP contribution < -0.4 is 10.6 Å². The summed E-state index contributed by atoms with van der Waals surface area (Å²) in [5, 5.41) is 8.04. The lowest BCUT2D eigenvalue weighted by atomic mass is 10.2. The van der Waals surface area contributed by atoms with Crippen LogP contribution in [0.4, 0.5) is 0 Å². The van der Waals surface area contributed by atoms with Crippen LogP contribution in [0, 0.1) is 13.8 Å². The van der Waals surface area contributed by atoms with E-state index >= 15 is 0 Å². The molecule has 20 heavy (non-hydrogen) atoms. The SMILES string of the molecule is CCNC(=NCCc1sc(C)nc1C)NC1CCCC1. The third kappa shape index (κ3) is 4.47. The molecule has 1 aromatic rings. The van der Waals surface area contributed by atoms with Crippen LogP contribution in [0.1, 0.15) is 48.2 Å². The van der Waals surface area contributed by atoms with E-state index < -0.39 is 0 Å². The van der Waals surface area contributed by atoms with E-state index in [4.69, 9.17) is 4.99 Å². The molecule has 1 aromatic heterocycles. The molecule has 0 aromatic carbocycles. The lowest BCUT2D eigenvalue weighted by Crippen LogP contribution is -2.42. The Morgan fingerprint density at radius 1 is 1.35 bits per heavy atom. The van der Waals surface area contributed by atoms with Gasteiger partial charge in [-0.25, -0.2) is 4.98 Å². The van der Waals surface area contributed by atoms with E-state index in [1.807, 2.05) is 0 Å². The Hall–Kier alpha value is -1.10. The molecule has 1 heterocycles. The molecule has 2 N–H and O–H groups in total. The van der Waals surface area contributed by atoms with Crippen molar-refractivity contribution in [2.24, 2.45) is 4.99 Å². The number of thiazole rings is 1.